The molecule has 0 saturated heterocycles. The average Bonchev–Trinajstić information content (AvgIpc) is 3.13. The summed E-state index contributed by atoms with van der Waals surface area (Å²) in [6.07, 6.45) is 1.76. The van der Waals surface area contributed by atoms with E-state index in [1.165, 1.54) is 11.1 Å². The van der Waals surface area contributed by atoms with E-state index in [9.17, 15) is 9.59 Å². The summed E-state index contributed by atoms with van der Waals surface area (Å²) >= 11 is 0. The number of amides is 1. The van der Waals surface area contributed by atoms with Crippen LogP contribution in [0.4, 0.5) is 5.82 Å². The Hall–Kier alpha value is -3.21. The van der Waals surface area contributed by atoms with E-state index in [0.29, 0.717) is 13.0 Å². The Morgan fingerprint density at radius 2 is 1.57 bits per heavy atom. The van der Waals surface area contributed by atoms with E-state index in [4.69, 9.17) is 0 Å². The van der Waals surface area contributed by atoms with Gasteiger partial charge in [-0.05, 0) is 37.0 Å². The summed E-state index contributed by atoms with van der Waals surface area (Å²) in [4.78, 5) is 26.9. The van der Waals surface area contributed by atoms with Crippen LogP contribution in [0.5, 0.6) is 0 Å². The number of carbonyl (C=O) groups is 2. The maximum absolute atomic E-state index is 12.7. The SMILES string of the molecule is Cc1ccc(-c2ccc(CC(=O)CCC(=O)N3CCCn4nc(C)cc43)cc2)cc1. The van der Waals surface area contributed by atoms with Crippen molar-refractivity contribution in [2.24, 2.45) is 0 Å². The molecule has 0 fully saturated rings. The van der Waals surface area contributed by atoms with E-state index in [1.807, 2.05) is 29.8 Å². The smallest absolute Gasteiger partial charge is 0.228 e. The molecule has 5 heteroatoms. The molecule has 5 nitrogen and oxygen atoms in total. The zero-order valence-electron chi connectivity index (χ0n) is 17.6. The number of aryl methyl sites for hydroxylation is 3. The van der Waals surface area contributed by atoms with Crippen LogP contribution < -0.4 is 4.90 Å². The van der Waals surface area contributed by atoms with Gasteiger partial charge in [-0.1, -0.05) is 54.1 Å². The van der Waals surface area contributed by atoms with Crippen LogP contribution in [0.25, 0.3) is 11.1 Å². The van der Waals surface area contributed by atoms with Crippen molar-refractivity contribution in [1.82, 2.24) is 9.78 Å². The third-order valence-electron chi connectivity index (χ3n) is 5.57. The van der Waals surface area contributed by atoms with E-state index in [0.717, 1.165) is 35.6 Å². The van der Waals surface area contributed by atoms with Gasteiger partial charge < -0.3 is 0 Å². The Morgan fingerprint density at radius 3 is 2.27 bits per heavy atom. The molecule has 1 amide bonds. The highest BCUT2D eigenvalue weighted by Gasteiger charge is 2.24. The van der Waals surface area contributed by atoms with Crippen molar-refractivity contribution in [3.05, 3.63) is 71.4 Å². The number of hydrogen-bond acceptors (Lipinski definition) is 3. The largest absolute Gasteiger partial charge is 0.299 e. The van der Waals surface area contributed by atoms with Crippen LogP contribution in [0.2, 0.25) is 0 Å². The van der Waals surface area contributed by atoms with E-state index in [1.54, 1.807) is 4.90 Å². The second-order valence-corrected chi connectivity index (χ2v) is 8.04. The average molecular weight is 402 g/mol. The molecule has 4 rings (SSSR count). The first-order valence-electron chi connectivity index (χ1n) is 10.5. The summed E-state index contributed by atoms with van der Waals surface area (Å²) in [6, 6.07) is 18.5. The molecule has 0 bridgehead atoms. The fraction of sp³-hybridized carbons (Fsp3) is 0.320. The van der Waals surface area contributed by atoms with Crippen molar-refractivity contribution < 1.29 is 9.59 Å². The van der Waals surface area contributed by atoms with Gasteiger partial charge in [-0.2, -0.15) is 5.10 Å². The van der Waals surface area contributed by atoms with Crippen molar-refractivity contribution in [3.63, 3.8) is 0 Å². The number of aromatic nitrogens is 2. The molecule has 154 valence electrons. The molecule has 0 aliphatic carbocycles. The number of benzene rings is 2. The molecule has 1 aliphatic rings. The van der Waals surface area contributed by atoms with Crippen molar-refractivity contribution in [2.45, 2.75) is 46.1 Å². The molecule has 1 aromatic heterocycles. The van der Waals surface area contributed by atoms with Crippen LogP contribution in [0.1, 0.15) is 36.1 Å². The first-order valence-corrected chi connectivity index (χ1v) is 10.5. The van der Waals surface area contributed by atoms with Crippen molar-refractivity contribution >= 4 is 17.5 Å². The molecular weight excluding hydrogens is 374 g/mol. The molecule has 0 spiro atoms. The fourth-order valence-corrected chi connectivity index (χ4v) is 3.92. The van der Waals surface area contributed by atoms with Gasteiger partial charge in [0.2, 0.25) is 5.91 Å². The zero-order valence-corrected chi connectivity index (χ0v) is 17.6. The van der Waals surface area contributed by atoms with Gasteiger partial charge in [-0.15, -0.1) is 0 Å². The zero-order chi connectivity index (χ0) is 21.1. The molecular formula is C25H27N3O2. The lowest BCUT2D eigenvalue weighted by Gasteiger charge is -2.27. The molecule has 2 heterocycles. The van der Waals surface area contributed by atoms with Gasteiger partial charge in [0.05, 0.1) is 5.69 Å². The molecule has 0 N–H and O–H groups in total. The van der Waals surface area contributed by atoms with Gasteiger partial charge >= 0.3 is 0 Å². The van der Waals surface area contributed by atoms with Crippen molar-refractivity contribution in [2.75, 3.05) is 11.4 Å². The predicted octanol–water partition coefficient (Wildman–Crippen LogP) is 4.50. The highest BCUT2D eigenvalue weighted by atomic mass is 16.2. The lowest BCUT2D eigenvalue weighted by atomic mass is 10.00. The van der Waals surface area contributed by atoms with E-state index >= 15 is 0 Å². The molecule has 0 saturated carbocycles. The minimum Gasteiger partial charge on any atom is -0.299 e. The minimum atomic E-state index is -0.00100. The van der Waals surface area contributed by atoms with E-state index in [-0.39, 0.29) is 24.5 Å². The van der Waals surface area contributed by atoms with Gasteiger partial charge in [0.25, 0.3) is 0 Å². The Balaban J connectivity index is 1.32. The maximum Gasteiger partial charge on any atom is 0.228 e. The van der Waals surface area contributed by atoms with Crippen molar-refractivity contribution in [1.29, 1.82) is 0 Å². The number of hydrogen-bond donors (Lipinski definition) is 0. The van der Waals surface area contributed by atoms with Gasteiger partial charge in [0, 0.05) is 38.4 Å². The van der Waals surface area contributed by atoms with Crippen LogP contribution in [-0.2, 0) is 22.6 Å². The van der Waals surface area contributed by atoms with Gasteiger partial charge in [-0.25, -0.2) is 4.68 Å². The summed E-state index contributed by atoms with van der Waals surface area (Å²) in [5.41, 5.74) is 5.43. The second-order valence-electron chi connectivity index (χ2n) is 8.04. The molecule has 1 aliphatic heterocycles. The van der Waals surface area contributed by atoms with Crippen LogP contribution in [-0.4, -0.2) is 28.0 Å². The molecule has 0 unspecified atom stereocenters. The Kier molecular flexibility index (Phi) is 5.79. The summed E-state index contributed by atoms with van der Waals surface area (Å²) < 4.78 is 1.88. The second kappa shape index (κ2) is 8.66. The third-order valence-corrected chi connectivity index (χ3v) is 5.57. The number of Topliss-reactive ketones (excluding diaryl/α,β-unsaturated/α-hetero) is 1. The Morgan fingerprint density at radius 1 is 0.900 bits per heavy atom. The summed E-state index contributed by atoms with van der Waals surface area (Å²) in [7, 11) is 0. The van der Waals surface area contributed by atoms with Crippen LogP contribution in [0.15, 0.2) is 54.6 Å². The number of carbonyl (C=O) groups excluding carboxylic acids is 2. The van der Waals surface area contributed by atoms with Gasteiger partial charge in [0.1, 0.15) is 11.6 Å². The van der Waals surface area contributed by atoms with E-state index < -0.39 is 0 Å². The first-order chi connectivity index (χ1) is 14.5. The Bertz CT molecular complexity index is 1050. The number of anilines is 1. The quantitative estimate of drug-likeness (QED) is 0.611. The van der Waals surface area contributed by atoms with Crippen LogP contribution in [0.3, 0.4) is 0 Å². The maximum atomic E-state index is 12.7. The van der Waals surface area contributed by atoms with Crippen LogP contribution in [0, 0.1) is 13.8 Å². The predicted molar refractivity (Wildman–Crippen MR) is 118 cm³/mol. The first kappa shape index (κ1) is 20.1. The van der Waals surface area contributed by atoms with Crippen LogP contribution >= 0.6 is 0 Å². The summed E-state index contributed by atoms with van der Waals surface area (Å²) in [5, 5.41) is 4.42. The van der Waals surface area contributed by atoms with E-state index in [2.05, 4.69) is 48.4 Å². The fourth-order valence-electron chi connectivity index (χ4n) is 3.92. The molecule has 30 heavy (non-hydrogen) atoms. The monoisotopic (exact) mass is 401 g/mol. The molecule has 3 aromatic rings. The normalized spacial score (nSPS) is 13.2. The minimum absolute atomic E-state index is 0.00100. The lowest BCUT2D eigenvalue weighted by molar-refractivity contribution is -0.123. The summed E-state index contributed by atoms with van der Waals surface area (Å²) in [5.74, 6) is 0.940. The highest BCUT2D eigenvalue weighted by Crippen LogP contribution is 2.23. The number of ketones is 1. The Labute approximate surface area is 177 Å². The summed E-state index contributed by atoms with van der Waals surface area (Å²) in [6.45, 7) is 5.54. The number of fused-ring (bicyclic) bond motifs is 1. The topological polar surface area (TPSA) is 55.2 Å². The highest BCUT2D eigenvalue weighted by molar-refractivity contribution is 5.95. The number of nitrogens with zero attached hydrogens (tertiary/aromatic N) is 3. The molecule has 0 atom stereocenters. The molecule has 0 radical (unpaired) electrons. The number of rotatable bonds is 6. The van der Waals surface area contributed by atoms with Gasteiger partial charge in [-0.3, -0.25) is 14.5 Å². The standard InChI is InChI=1S/C25H27N3O2/c1-18-4-8-21(9-5-18)22-10-6-20(7-11-22)17-23(29)12-13-25(30)27-14-3-15-28-24(27)16-19(2)26-28/h4-11,16H,3,12-15,17H2,1-2H3. The van der Waals surface area contributed by atoms with Crippen molar-refractivity contribution in [3.8, 4) is 11.1 Å². The molecule has 2 aromatic carbocycles. The van der Waals surface area contributed by atoms with Gasteiger partial charge in [0.15, 0.2) is 0 Å². The third kappa shape index (κ3) is 4.51. The lowest BCUT2D eigenvalue weighted by Crippen LogP contribution is -2.37.